The summed E-state index contributed by atoms with van der Waals surface area (Å²) in [6.45, 7) is 2.99. The van der Waals surface area contributed by atoms with E-state index >= 15 is 0 Å². The molecule has 2 rings (SSSR count). The largest absolute Gasteiger partial charge is 0.369 e. The normalized spacial score (nSPS) is 16.9. The maximum atomic E-state index is 11.8. The number of thiophene rings is 1. The molecule has 16 heavy (non-hydrogen) atoms. The van der Waals surface area contributed by atoms with Crippen molar-refractivity contribution in [1.29, 1.82) is 0 Å². The van der Waals surface area contributed by atoms with E-state index in [9.17, 15) is 4.79 Å². The van der Waals surface area contributed by atoms with E-state index in [2.05, 4.69) is 18.4 Å². The van der Waals surface area contributed by atoms with Crippen LogP contribution >= 0.6 is 11.3 Å². The summed E-state index contributed by atoms with van der Waals surface area (Å²) in [6.07, 6.45) is 3.09. The molecule has 0 amide bonds. The number of unbranched alkanes of at least 4 members (excludes halogenated alkanes) is 1. The average molecular weight is 236 g/mol. The minimum Gasteiger partial charge on any atom is -0.369 e. The fourth-order valence-electron chi connectivity index (χ4n) is 1.93. The molecule has 0 saturated carbocycles. The minimum atomic E-state index is 0.168. The third-order valence-electron chi connectivity index (χ3n) is 2.83. The van der Waals surface area contributed by atoms with E-state index in [0.29, 0.717) is 6.61 Å². The maximum absolute atomic E-state index is 11.8. The van der Waals surface area contributed by atoms with Crippen LogP contribution in [0.5, 0.6) is 0 Å². The lowest BCUT2D eigenvalue weighted by Crippen LogP contribution is -2.21. The molecule has 1 aromatic heterocycles. The van der Waals surface area contributed by atoms with Crippen LogP contribution in [0.1, 0.15) is 31.7 Å². The second kappa shape index (κ2) is 5.41. The second-order valence-corrected chi connectivity index (χ2v) is 4.77. The van der Waals surface area contributed by atoms with Crippen LogP contribution in [0.3, 0.4) is 0 Å². The molecule has 0 bridgehead atoms. The van der Waals surface area contributed by atoms with Crippen molar-refractivity contribution >= 4 is 22.7 Å². The molecule has 86 valence electrons. The number of carbonyl (C=O) groups excluding carboxylic acids is 1. The zero-order valence-corrected chi connectivity index (χ0v) is 10.3. The zero-order chi connectivity index (χ0) is 11.4. The van der Waals surface area contributed by atoms with Crippen molar-refractivity contribution in [2.24, 2.45) is 0 Å². The van der Waals surface area contributed by atoms with E-state index in [-0.39, 0.29) is 12.4 Å². The molecule has 0 aliphatic carbocycles. The molecule has 0 N–H and O–H groups in total. The Morgan fingerprint density at radius 3 is 3.00 bits per heavy atom. The third kappa shape index (κ3) is 2.42. The summed E-state index contributed by atoms with van der Waals surface area (Å²) in [5, 5.41) is 4.13. The van der Waals surface area contributed by atoms with Crippen LogP contribution in [-0.4, -0.2) is 19.0 Å². The molecule has 0 unspecified atom stereocenters. The minimum absolute atomic E-state index is 0.168. The van der Waals surface area contributed by atoms with E-state index in [1.807, 2.05) is 5.38 Å². The molecule has 3 heteroatoms. The Hall–Kier alpha value is -0.930. The Kier molecular flexibility index (Phi) is 3.91. The van der Waals surface area contributed by atoms with Gasteiger partial charge in [0.05, 0.1) is 6.61 Å². The Bertz CT molecular complexity index is 390. The number of Topliss-reactive ketones (excluding diaryl/α,β-unsaturated/α-hetero) is 1. The van der Waals surface area contributed by atoms with Crippen LogP contribution in [0.25, 0.3) is 5.57 Å². The van der Waals surface area contributed by atoms with E-state index in [1.165, 1.54) is 0 Å². The Labute approximate surface area is 99.9 Å². The summed E-state index contributed by atoms with van der Waals surface area (Å²) in [5.74, 6) is 0.168. The van der Waals surface area contributed by atoms with Gasteiger partial charge in [0.2, 0.25) is 0 Å². The summed E-state index contributed by atoms with van der Waals surface area (Å²) in [4.78, 5) is 11.8. The summed E-state index contributed by atoms with van der Waals surface area (Å²) in [6, 6.07) is 2.06. The summed E-state index contributed by atoms with van der Waals surface area (Å²) >= 11 is 1.66. The first-order valence-electron chi connectivity index (χ1n) is 5.68. The topological polar surface area (TPSA) is 26.3 Å². The quantitative estimate of drug-likeness (QED) is 0.802. The van der Waals surface area contributed by atoms with E-state index in [0.717, 1.165) is 36.0 Å². The number of ether oxygens (including phenoxy) is 1. The number of hydrogen-bond acceptors (Lipinski definition) is 3. The van der Waals surface area contributed by atoms with Crippen molar-refractivity contribution in [3.05, 3.63) is 28.0 Å². The fourth-order valence-corrected chi connectivity index (χ4v) is 2.60. The Balaban J connectivity index is 2.30. The maximum Gasteiger partial charge on any atom is 0.184 e. The Morgan fingerprint density at radius 1 is 1.44 bits per heavy atom. The molecular formula is C13H16O2S. The first-order valence-corrected chi connectivity index (χ1v) is 6.62. The van der Waals surface area contributed by atoms with Gasteiger partial charge in [0.25, 0.3) is 0 Å². The van der Waals surface area contributed by atoms with Crippen molar-refractivity contribution in [3.63, 3.8) is 0 Å². The molecule has 2 heterocycles. The average Bonchev–Trinajstić information content (AvgIpc) is 2.80. The second-order valence-electron chi connectivity index (χ2n) is 3.99. The van der Waals surface area contributed by atoms with Gasteiger partial charge in [0, 0.05) is 5.57 Å². The van der Waals surface area contributed by atoms with Crippen LogP contribution in [0, 0.1) is 0 Å². The van der Waals surface area contributed by atoms with Crippen molar-refractivity contribution in [1.82, 2.24) is 0 Å². The van der Waals surface area contributed by atoms with E-state index in [1.54, 1.807) is 11.3 Å². The first kappa shape index (κ1) is 11.6. The smallest absolute Gasteiger partial charge is 0.184 e. The van der Waals surface area contributed by atoms with E-state index < -0.39 is 0 Å². The lowest BCUT2D eigenvalue weighted by Gasteiger charge is -2.19. The van der Waals surface area contributed by atoms with Crippen molar-refractivity contribution in [2.45, 2.75) is 26.2 Å². The van der Waals surface area contributed by atoms with Gasteiger partial charge >= 0.3 is 0 Å². The van der Waals surface area contributed by atoms with Gasteiger partial charge < -0.3 is 4.74 Å². The van der Waals surface area contributed by atoms with Crippen molar-refractivity contribution in [3.8, 4) is 0 Å². The molecule has 0 aromatic carbocycles. The van der Waals surface area contributed by atoms with Crippen molar-refractivity contribution in [2.75, 3.05) is 13.2 Å². The monoisotopic (exact) mass is 236 g/mol. The molecule has 0 fully saturated rings. The highest BCUT2D eigenvalue weighted by atomic mass is 32.1. The molecule has 0 radical (unpaired) electrons. The van der Waals surface area contributed by atoms with Gasteiger partial charge in [-0.05, 0) is 40.8 Å². The van der Waals surface area contributed by atoms with E-state index in [4.69, 9.17) is 4.74 Å². The summed E-state index contributed by atoms with van der Waals surface area (Å²) in [7, 11) is 0. The van der Waals surface area contributed by atoms with Crippen molar-refractivity contribution < 1.29 is 9.53 Å². The Morgan fingerprint density at radius 2 is 2.31 bits per heavy atom. The lowest BCUT2D eigenvalue weighted by atomic mass is 9.94. The SMILES string of the molecule is CCCCC1=C(c2ccsc2)COCC1=O. The van der Waals surface area contributed by atoms with Gasteiger partial charge in [-0.15, -0.1) is 0 Å². The highest BCUT2D eigenvalue weighted by Gasteiger charge is 2.21. The van der Waals surface area contributed by atoms with Crippen LogP contribution < -0.4 is 0 Å². The van der Waals surface area contributed by atoms with Gasteiger partial charge in [0.15, 0.2) is 5.78 Å². The van der Waals surface area contributed by atoms with Crippen LogP contribution in [0.2, 0.25) is 0 Å². The molecule has 0 saturated heterocycles. The van der Waals surface area contributed by atoms with Gasteiger partial charge in [-0.25, -0.2) is 0 Å². The van der Waals surface area contributed by atoms with Crippen LogP contribution in [0.4, 0.5) is 0 Å². The number of ketones is 1. The molecule has 2 nitrogen and oxygen atoms in total. The number of rotatable bonds is 4. The lowest BCUT2D eigenvalue weighted by molar-refractivity contribution is -0.120. The van der Waals surface area contributed by atoms with Gasteiger partial charge in [-0.2, -0.15) is 11.3 Å². The molecular weight excluding hydrogens is 220 g/mol. The highest BCUT2D eigenvalue weighted by molar-refractivity contribution is 7.08. The molecule has 1 aliphatic rings. The number of hydrogen-bond donors (Lipinski definition) is 0. The first-order chi connectivity index (χ1) is 7.83. The van der Waals surface area contributed by atoms with Crippen LogP contribution in [0.15, 0.2) is 22.4 Å². The van der Waals surface area contributed by atoms with Gasteiger partial charge in [-0.3, -0.25) is 4.79 Å². The zero-order valence-electron chi connectivity index (χ0n) is 9.49. The third-order valence-corrected chi connectivity index (χ3v) is 3.51. The van der Waals surface area contributed by atoms with Crippen LogP contribution in [-0.2, 0) is 9.53 Å². The standard InChI is InChI=1S/C13H16O2S/c1-2-3-4-11-12(7-15-8-13(11)14)10-5-6-16-9-10/h5-6,9H,2-4,7-8H2,1H3. The molecule has 0 spiro atoms. The highest BCUT2D eigenvalue weighted by Crippen LogP contribution is 2.28. The fraction of sp³-hybridized carbons (Fsp3) is 0.462. The summed E-state index contributed by atoms with van der Waals surface area (Å²) in [5.41, 5.74) is 3.25. The number of carbonyl (C=O) groups is 1. The van der Waals surface area contributed by atoms with Gasteiger partial charge in [0.1, 0.15) is 6.61 Å². The predicted octanol–water partition coefficient (Wildman–Crippen LogP) is 3.29. The molecule has 0 atom stereocenters. The molecule has 1 aliphatic heterocycles. The molecule has 1 aromatic rings. The predicted molar refractivity (Wildman–Crippen MR) is 66.6 cm³/mol. The summed E-state index contributed by atoms with van der Waals surface area (Å²) < 4.78 is 5.33. The van der Waals surface area contributed by atoms with Gasteiger partial charge in [-0.1, -0.05) is 13.3 Å².